The van der Waals surface area contributed by atoms with E-state index in [1.54, 1.807) is 7.11 Å². The Morgan fingerprint density at radius 1 is 1.40 bits per heavy atom. The molecule has 0 saturated carbocycles. The highest BCUT2D eigenvalue weighted by molar-refractivity contribution is 5.35. The maximum atomic E-state index is 5.45. The smallest absolute Gasteiger partial charge is 0.235 e. The van der Waals surface area contributed by atoms with E-state index in [0.717, 1.165) is 38.4 Å². The van der Waals surface area contributed by atoms with Crippen LogP contribution in [0.3, 0.4) is 0 Å². The lowest BCUT2D eigenvalue weighted by Gasteiger charge is -2.23. The molecule has 1 N–H and O–H groups in total. The number of ether oxygens (including phenoxy) is 1. The number of fused-ring (bicyclic) bond motifs is 1. The predicted octanol–water partition coefficient (Wildman–Crippen LogP) is 1.88. The largest absolute Gasteiger partial charge is 0.385 e. The molecule has 0 fully saturated rings. The number of rotatable bonds is 5. The van der Waals surface area contributed by atoms with Crippen molar-refractivity contribution in [2.75, 3.05) is 20.3 Å². The Bertz CT molecular complexity index is 568. The van der Waals surface area contributed by atoms with E-state index in [-0.39, 0.29) is 5.92 Å². The van der Waals surface area contributed by atoms with Gasteiger partial charge in [0.05, 0.1) is 5.92 Å². The first kappa shape index (κ1) is 13.3. The van der Waals surface area contributed by atoms with Crippen LogP contribution in [0.25, 0.3) is 0 Å². The van der Waals surface area contributed by atoms with Crippen LogP contribution < -0.4 is 5.32 Å². The Kier molecular flexibility index (Phi) is 4.08. The van der Waals surface area contributed by atoms with Crippen LogP contribution in [-0.2, 0) is 17.7 Å². The van der Waals surface area contributed by atoms with E-state index in [1.807, 2.05) is 0 Å². The molecule has 2 heterocycles. The van der Waals surface area contributed by atoms with Crippen molar-refractivity contribution in [1.82, 2.24) is 15.5 Å². The highest BCUT2D eigenvalue weighted by Gasteiger charge is 2.26. The molecule has 20 heavy (non-hydrogen) atoms. The van der Waals surface area contributed by atoms with Crippen LogP contribution >= 0.6 is 0 Å². The zero-order valence-corrected chi connectivity index (χ0v) is 11.6. The summed E-state index contributed by atoms with van der Waals surface area (Å²) in [5.74, 6) is 1.63. The van der Waals surface area contributed by atoms with Crippen LogP contribution in [0, 0.1) is 0 Å². The van der Waals surface area contributed by atoms with Crippen molar-refractivity contribution in [3.8, 4) is 0 Å². The minimum absolute atomic E-state index is 0.156. The van der Waals surface area contributed by atoms with Gasteiger partial charge in [0.1, 0.15) is 0 Å². The average Bonchev–Trinajstić information content (AvgIpc) is 2.96. The summed E-state index contributed by atoms with van der Waals surface area (Å²) < 4.78 is 10.5. The molecule has 0 saturated heterocycles. The molecule has 0 aliphatic carbocycles. The molecular weight excluding hydrogens is 254 g/mol. The van der Waals surface area contributed by atoms with E-state index in [9.17, 15) is 0 Å². The zero-order chi connectivity index (χ0) is 13.8. The third kappa shape index (κ3) is 2.73. The van der Waals surface area contributed by atoms with Crippen molar-refractivity contribution < 1.29 is 9.26 Å². The predicted molar refractivity (Wildman–Crippen MR) is 74.5 cm³/mol. The first-order chi connectivity index (χ1) is 9.88. The maximum absolute atomic E-state index is 5.45. The fourth-order valence-electron chi connectivity index (χ4n) is 2.60. The quantitative estimate of drug-likeness (QED) is 0.843. The van der Waals surface area contributed by atoms with Crippen LogP contribution in [0.5, 0.6) is 0 Å². The summed E-state index contributed by atoms with van der Waals surface area (Å²) in [7, 11) is 1.70. The summed E-state index contributed by atoms with van der Waals surface area (Å²) in [6.45, 7) is 2.47. The van der Waals surface area contributed by atoms with E-state index < -0.39 is 0 Å². The third-order valence-electron chi connectivity index (χ3n) is 3.63. The summed E-state index contributed by atoms with van der Waals surface area (Å²) in [6.07, 6.45) is 1.70. The Hall–Kier alpha value is -1.72. The Morgan fingerprint density at radius 3 is 3.20 bits per heavy atom. The Balaban J connectivity index is 1.77. The molecule has 2 aromatic rings. The molecule has 1 aliphatic heterocycles. The molecular formula is C15H19N3O2. The van der Waals surface area contributed by atoms with Crippen molar-refractivity contribution >= 4 is 0 Å². The highest BCUT2D eigenvalue weighted by atomic mass is 16.5. The lowest BCUT2D eigenvalue weighted by Crippen LogP contribution is -2.28. The summed E-state index contributed by atoms with van der Waals surface area (Å²) in [6, 6.07) is 8.42. The van der Waals surface area contributed by atoms with Gasteiger partial charge in [-0.1, -0.05) is 29.4 Å². The van der Waals surface area contributed by atoms with Crippen molar-refractivity contribution in [2.24, 2.45) is 0 Å². The topological polar surface area (TPSA) is 60.2 Å². The molecule has 5 nitrogen and oxygen atoms in total. The van der Waals surface area contributed by atoms with Gasteiger partial charge in [-0.15, -0.1) is 0 Å². The molecule has 106 valence electrons. The molecule has 1 unspecified atom stereocenters. The second kappa shape index (κ2) is 6.15. The summed E-state index contributed by atoms with van der Waals surface area (Å²) in [5.41, 5.74) is 2.60. The van der Waals surface area contributed by atoms with E-state index >= 15 is 0 Å². The summed E-state index contributed by atoms with van der Waals surface area (Å²) in [5, 5.41) is 7.47. The van der Waals surface area contributed by atoms with Crippen LogP contribution in [-0.4, -0.2) is 30.4 Å². The molecule has 1 atom stereocenters. The second-order valence-corrected chi connectivity index (χ2v) is 5.03. The lowest BCUT2D eigenvalue weighted by atomic mass is 9.91. The first-order valence-electron chi connectivity index (χ1n) is 6.98. The van der Waals surface area contributed by atoms with E-state index in [4.69, 9.17) is 9.26 Å². The van der Waals surface area contributed by atoms with E-state index in [2.05, 4.69) is 39.7 Å². The second-order valence-electron chi connectivity index (χ2n) is 5.03. The number of methoxy groups -OCH3 is 1. The van der Waals surface area contributed by atoms with E-state index in [0.29, 0.717) is 5.89 Å². The van der Waals surface area contributed by atoms with Gasteiger partial charge in [0.25, 0.3) is 0 Å². The van der Waals surface area contributed by atoms with Crippen molar-refractivity contribution in [3.05, 3.63) is 47.1 Å². The SMILES string of the molecule is COCCCc1noc(C2CNCc3ccccc32)n1. The average molecular weight is 273 g/mol. The van der Waals surface area contributed by atoms with Gasteiger partial charge >= 0.3 is 0 Å². The molecule has 1 aliphatic rings. The normalized spacial score (nSPS) is 17.9. The molecule has 1 aromatic heterocycles. The summed E-state index contributed by atoms with van der Waals surface area (Å²) in [4.78, 5) is 4.53. The van der Waals surface area contributed by atoms with Crippen molar-refractivity contribution in [3.63, 3.8) is 0 Å². The highest BCUT2D eigenvalue weighted by Crippen LogP contribution is 2.28. The van der Waals surface area contributed by atoms with Crippen LogP contribution in [0.1, 0.15) is 35.2 Å². The molecule has 0 amide bonds. The fraction of sp³-hybridized carbons (Fsp3) is 0.467. The Labute approximate surface area is 118 Å². The number of hydrogen-bond acceptors (Lipinski definition) is 5. The number of hydrogen-bond donors (Lipinski definition) is 1. The van der Waals surface area contributed by atoms with Gasteiger partial charge in [-0.3, -0.25) is 0 Å². The monoisotopic (exact) mass is 273 g/mol. The van der Waals surface area contributed by atoms with Crippen molar-refractivity contribution in [1.29, 1.82) is 0 Å². The zero-order valence-electron chi connectivity index (χ0n) is 11.6. The van der Waals surface area contributed by atoms with Gasteiger partial charge in [-0.2, -0.15) is 4.98 Å². The number of aromatic nitrogens is 2. The van der Waals surface area contributed by atoms with Gasteiger partial charge in [0, 0.05) is 33.2 Å². The molecule has 0 spiro atoms. The number of aryl methyl sites for hydroxylation is 1. The fourth-order valence-corrected chi connectivity index (χ4v) is 2.60. The van der Waals surface area contributed by atoms with Crippen LogP contribution in [0.2, 0.25) is 0 Å². The third-order valence-corrected chi connectivity index (χ3v) is 3.63. The first-order valence-corrected chi connectivity index (χ1v) is 6.98. The molecule has 0 radical (unpaired) electrons. The molecule has 0 bridgehead atoms. The maximum Gasteiger partial charge on any atom is 0.235 e. The Morgan fingerprint density at radius 2 is 2.30 bits per heavy atom. The molecule has 3 rings (SSSR count). The van der Waals surface area contributed by atoms with Gasteiger partial charge in [-0.25, -0.2) is 0 Å². The van der Waals surface area contributed by atoms with E-state index in [1.165, 1.54) is 11.1 Å². The van der Waals surface area contributed by atoms with Gasteiger partial charge in [-0.05, 0) is 17.5 Å². The van der Waals surface area contributed by atoms with Crippen LogP contribution in [0.4, 0.5) is 0 Å². The number of benzene rings is 1. The minimum atomic E-state index is 0.156. The van der Waals surface area contributed by atoms with Crippen LogP contribution in [0.15, 0.2) is 28.8 Å². The molecule has 5 heteroatoms. The lowest BCUT2D eigenvalue weighted by molar-refractivity contribution is 0.194. The van der Waals surface area contributed by atoms with Gasteiger partial charge in [0.2, 0.25) is 5.89 Å². The molecule has 1 aromatic carbocycles. The standard InChI is InChI=1S/C15H19N3O2/c1-19-8-4-7-14-17-15(20-18-14)13-10-16-9-11-5-2-3-6-12(11)13/h2-3,5-6,13,16H,4,7-10H2,1H3. The van der Waals surface area contributed by atoms with Gasteiger partial charge in [0.15, 0.2) is 5.82 Å². The summed E-state index contributed by atoms with van der Waals surface area (Å²) >= 11 is 0. The number of nitrogens with one attached hydrogen (secondary N) is 1. The van der Waals surface area contributed by atoms with Gasteiger partial charge < -0.3 is 14.6 Å². The number of nitrogens with zero attached hydrogens (tertiary/aromatic N) is 2. The minimum Gasteiger partial charge on any atom is -0.385 e. The van der Waals surface area contributed by atoms with Crippen molar-refractivity contribution in [2.45, 2.75) is 25.3 Å².